The summed E-state index contributed by atoms with van der Waals surface area (Å²) in [5, 5.41) is 16.9. The van der Waals surface area contributed by atoms with E-state index in [1.54, 1.807) is 19.5 Å². The third-order valence-electron chi connectivity index (χ3n) is 4.34. The number of methoxy groups -OCH3 is 1. The fourth-order valence-corrected chi connectivity index (χ4v) is 3.10. The SMILES string of the molecule is COc1ccc(-c2[nH]nc3c2C(c2cccnc2)C(C#N)=C(N)O3)cc1. The highest BCUT2D eigenvalue weighted by molar-refractivity contribution is 5.71. The number of aromatic amines is 1. The summed E-state index contributed by atoms with van der Waals surface area (Å²) >= 11 is 0. The first-order valence-electron chi connectivity index (χ1n) is 7.93. The molecule has 1 unspecified atom stereocenters. The molecule has 0 fully saturated rings. The van der Waals surface area contributed by atoms with Gasteiger partial charge in [-0.15, -0.1) is 5.10 Å². The first kappa shape index (κ1) is 15.7. The Morgan fingerprint density at radius 1 is 1.27 bits per heavy atom. The van der Waals surface area contributed by atoms with Crippen LogP contribution in [0.1, 0.15) is 17.0 Å². The number of benzene rings is 1. The van der Waals surface area contributed by atoms with E-state index in [4.69, 9.17) is 15.2 Å². The van der Waals surface area contributed by atoms with Gasteiger partial charge >= 0.3 is 0 Å². The van der Waals surface area contributed by atoms with E-state index in [2.05, 4.69) is 21.3 Å². The van der Waals surface area contributed by atoms with Crippen LogP contribution in [-0.4, -0.2) is 22.3 Å². The molecule has 1 aliphatic rings. The highest BCUT2D eigenvalue weighted by Gasteiger charge is 2.35. The van der Waals surface area contributed by atoms with Crippen molar-refractivity contribution in [2.24, 2.45) is 5.73 Å². The fraction of sp³-hybridized carbons (Fsp3) is 0.105. The molecule has 1 atom stereocenters. The number of H-pyrrole nitrogens is 1. The molecule has 1 aliphatic heterocycles. The number of rotatable bonds is 3. The molecule has 0 bridgehead atoms. The van der Waals surface area contributed by atoms with Crippen LogP contribution in [0.3, 0.4) is 0 Å². The quantitative estimate of drug-likeness (QED) is 0.755. The molecule has 0 radical (unpaired) electrons. The predicted molar refractivity (Wildman–Crippen MR) is 94.1 cm³/mol. The number of nitrogens with one attached hydrogen (secondary N) is 1. The summed E-state index contributed by atoms with van der Waals surface area (Å²) in [5.74, 6) is 0.764. The lowest BCUT2D eigenvalue weighted by Gasteiger charge is -2.23. The highest BCUT2D eigenvalue weighted by atomic mass is 16.5. The molecule has 26 heavy (non-hydrogen) atoms. The van der Waals surface area contributed by atoms with Crippen LogP contribution in [0.4, 0.5) is 0 Å². The summed E-state index contributed by atoms with van der Waals surface area (Å²) in [6.07, 6.45) is 3.40. The van der Waals surface area contributed by atoms with Crippen molar-refractivity contribution in [3.8, 4) is 29.0 Å². The van der Waals surface area contributed by atoms with Crippen LogP contribution in [0, 0.1) is 11.3 Å². The molecule has 0 amide bonds. The summed E-state index contributed by atoms with van der Waals surface area (Å²) < 4.78 is 10.8. The van der Waals surface area contributed by atoms with Crippen molar-refractivity contribution in [2.75, 3.05) is 7.11 Å². The molecule has 3 heterocycles. The van der Waals surface area contributed by atoms with Crippen molar-refractivity contribution in [2.45, 2.75) is 5.92 Å². The summed E-state index contributed by atoms with van der Waals surface area (Å²) in [6, 6.07) is 13.5. The van der Waals surface area contributed by atoms with Gasteiger partial charge in [-0.25, -0.2) is 0 Å². The van der Waals surface area contributed by atoms with E-state index < -0.39 is 5.92 Å². The van der Waals surface area contributed by atoms with Gasteiger partial charge in [0.15, 0.2) is 0 Å². The highest BCUT2D eigenvalue weighted by Crippen LogP contribution is 2.45. The van der Waals surface area contributed by atoms with Gasteiger partial charge in [-0.1, -0.05) is 6.07 Å². The number of fused-ring (bicyclic) bond motifs is 1. The maximum absolute atomic E-state index is 9.65. The standard InChI is InChI=1S/C19H15N5O2/c1-25-13-6-4-11(5-7-13)17-16-15(12-3-2-8-22-10-12)14(9-20)18(21)26-19(16)24-23-17/h2-8,10,15H,21H2,1H3,(H,23,24). The monoisotopic (exact) mass is 345 g/mol. The van der Waals surface area contributed by atoms with Crippen LogP contribution in [-0.2, 0) is 0 Å². The van der Waals surface area contributed by atoms with Crippen molar-refractivity contribution in [3.05, 3.63) is 71.4 Å². The number of pyridine rings is 1. The van der Waals surface area contributed by atoms with Gasteiger partial charge in [-0.3, -0.25) is 10.1 Å². The van der Waals surface area contributed by atoms with Gasteiger partial charge in [-0.05, 0) is 35.9 Å². The molecule has 1 aromatic carbocycles. The molecule has 0 spiro atoms. The summed E-state index contributed by atoms with van der Waals surface area (Å²) in [5.41, 5.74) is 9.55. The summed E-state index contributed by atoms with van der Waals surface area (Å²) in [6.45, 7) is 0. The van der Waals surface area contributed by atoms with E-state index in [-0.39, 0.29) is 5.88 Å². The van der Waals surface area contributed by atoms with Crippen molar-refractivity contribution < 1.29 is 9.47 Å². The van der Waals surface area contributed by atoms with E-state index in [0.717, 1.165) is 28.1 Å². The maximum Gasteiger partial charge on any atom is 0.244 e. The van der Waals surface area contributed by atoms with Crippen LogP contribution >= 0.6 is 0 Å². The van der Waals surface area contributed by atoms with Crippen LogP contribution in [0.5, 0.6) is 11.6 Å². The molecular formula is C19H15N5O2. The second kappa shape index (κ2) is 6.26. The van der Waals surface area contributed by atoms with Crippen LogP contribution in [0.2, 0.25) is 0 Å². The maximum atomic E-state index is 9.65. The Balaban J connectivity index is 1.90. The van der Waals surface area contributed by atoms with Crippen LogP contribution < -0.4 is 15.2 Å². The van der Waals surface area contributed by atoms with Gasteiger partial charge in [0.25, 0.3) is 0 Å². The average molecular weight is 345 g/mol. The zero-order chi connectivity index (χ0) is 18.1. The summed E-state index contributed by atoms with van der Waals surface area (Å²) in [4.78, 5) is 4.18. The molecule has 2 aromatic heterocycles. The zero-order valence-electron chi connectivity index (χ0n) is 13.9. The Labute approximate surface area is 149 Å². The van der Waals surface area contributed by atoms with Gasteiger partial charge in [0.05, 0.1) is 24.3 Å². The number of hydrogen-bond donors (Lipinski definition) is 2. The van der Waals surface area contributed by atoms with Crippen molar-refractivity contribution in [3.63, 3.8) is 0 Å². The summed E-state index contributed by atoms with van der Waals surface area (Å²) in [7, 11) is 1.62. The van der Waals surface area contributed by atoms with Crippen molar-refractivity contribution in [1.29, 1.82) is 5.26 Å². The van der Waals surface area contributed by atoms with E-state index in [0.29, 0.717) is 11.5 Å². The normalized spacial score (nSPS) is 15.8. The molecule has 0 saturated heterocycles. The smallest absolute Gasteiger partial charge is 0.244 e. The van der Waals surface area contributed by atoms with E-state index in [1.165, 1.54) is 0 Å². The molecule has 3 aromatic rings. The van der Waals surface area contributed by atoms with Gasteiger partial charge in [0, 0.05) is 18.0 Å². The lowest BCUT2D eigenvalue weighted by molar-refractivity contribution is 0.379. The fourth-order valence-electron chi connectivity index (χ4n) is 3.10. The third kappa shape index (κ3) is 2.45. The minimum Gasteiger partial charge on any atom is -0.497 e. The minimum atomic E-state index is -0.409. The second-order valence-corrected chi connectivity index (χ2v) is 5.76. The average Bonchev–Trinajstić information content (AvgIpc) is 3.11. The van der Waals surface area contributed by atoms with Crippen LogP contribution in [0.25, 0.3) is 11.3 Å². The van der Waals surface area contributed by atoms with Gasteiger partial charge in [0.1, 0.15) is 17.4 Å². The number of nitrogens with two attached hydrogens (primary N) is 1. The first-order valence-corrected chi connectivity index (χ1v) is 7.93. The lowest BCUT2D eigenvalue weighted by Crippen LogP contribution is -2.21. The van der Waals surface area contributed by atoms with E-state index in [1.807, 2.05) is 36.4 Å². The molecule has 128 valence electrons. The second-order valence-electron chi connectivity index (χ2n) is 5.76. The number of nitriles is 1. The number of allylic oxidation sites excluding steroid dienone is 1. The number of aromatic nitrogens is 3. The number of hydrogen-bond acceptors (Lipinski definition) is 6. The minimum absolute atomic E-state index is 0.0571. The Bertz CT molecular complexity index is 1020. The molecule has 7 heteroatoms. The predicted octanol–water partition coefficient (Wildman–Crippen LogP) is 2.70. The Morgan fingerprint density at radius 3 is 2.73 bits per heavy atom. The third-order valence-corrected chi connectivity index (χ3v) is 4.34. The Hall–Kier alpha value is -3.79. The topological polar surface area (TPSA) is 110 Å². The Morgan fingerprint density at radius 2 is 2.08 bits per heavy atom. The van der Waals surface area contributed by atoms with Crippen molar-refractivity contribution in [1.82, 2.24) is 15.2 Å². The van der Waals surface area contributed by atoms with E-state index >= 15 is 0 Å². The zero-order valence-corrected chi connectivity index (χ0v) is 13.9. The molecule has 4 rings (SSSR count). The Kier molecular flexibility index (Phi) is 3.78. The molecular weight excluding hydrogens is 330 g/mol. The number of nitrogens with zero attached hydrogens (tertiary/aromatic N) is 3. The van der Waals surface area contributed by atoms with Gasteiger partial charge in [-0.2, -0.15) is 5.26 Å². The molecule has 0 aliphatic carbocycles. The van der Waals surface area contributed by atoms with Gasteiger partial charge < -0.3 is 15.2 Å². The van der Waals surface area contributed by atoms with Gasteiger partial charge in [0.2, 0.25) is 11.8 Å². The molecule has 0 saturated carbocycles. The largest absolute Gasteiger partial charge is 0.497 e. The lowest BCUT2D eigenvalue weighted by atomic mass is 9.84. The van der Waals surface area contributed by atoms with E-state index in [9.17, 15) is 5.26 Å². The molecule has 3 N–H and O–H groups in total. The van der Waals surface area contributed by atoms with Crippen LogP contribution in [0.15, 0.2) is 60.2 Å². The molecule has 7 nitrogen and oxygen atoms in total. The number of ether oxygens (including phenoxy) is 2. The van der Waals surface area contributed by atoms with Crippen molar-refractivity contribution >= 4 is 0 Å². The first-order chi connectivity index (χ1) is 12.7.